The summed E-state index contributed by atoms with van der Waals surface area (Å²) in [6.07, 6.45) is 0.252. The highest BCUT2D eigenvalue weighted by Crippen LogP contribution is 2.09. The number of carbonyl (C=O) groups excluding carboxylic acids is 10. The Morgan fingerprint density at radius 2 is 1.06 bits per heavy atom. The fraction of sp³-hybridized carbons (Fsp3) is 0.732. The summed E-state index contributed by atoms with van der Waals surface area (Å²) in [6.45, 7) is 7.88. The van der Waals surface area contributed by atoms with Crippen LogP contribution in [0.5, 0.6) is 0 Å². The number of aliphatic hydroxyl groups excluding tert-OH is 2. The number of nitrogens with two attached hydrogens (primary N) is 5. The fourth-order valence-corrected chi connectivity index (χ4v) is 6.13. The maximum Gasteiger partial charge on any atom is 0.245 e. The molecular weight excluding hydrogens is 895 g/mol. The molecule has 21 N–H and O–H groups in total. The molecular formula is C41H77N15O12. The molecule has 10 atom stereocenters. The van der Waals surface area contributed by atoms with E-state index in [1.165, 1.54) is 20.8 Å². The van der Waals surface area contributed by atoms with Gasteiger partial charge in [-0.2, -0.15) is 0 Å². The van der Waals surface area contributed by atoms with Gasteiger partial charge in [-0.25, -0.2) is 0 Å². The van der Waals surface area contributed by atoms with Crippen LogP contribution < -0.4 is 76.5 Å². The summed E-state index contributed by atoms with van der Waals surface area (Å²) in [5, 5.41) is 43.1. The molecule has 0 fully saturated rings. The van der Waals surface area contributed by atoms with E-state index in [0.29, 0.717) is 51.6 Å². The molecule has 0 aromatic rings. The Morgan fingerprint density at radius 3 is 1.53 bits per heavy atom. The van der Waals surface area contributed by atoms with Crippen LogP contribution in [0.3, 0.4) is 0 Å². The van der Waals surface area contributed by atoms with E-state index in [4.69, 9.17) is 28.7 Å². The largest absolute Gasteiger partial charge is 0.394 e. The molecule has 388 valence electrons. The molecule has 27 nitrogen and oxygen atoms in total. The lowest BCUT2D eigenvalue weighted by Crippen LogP contribution is -2.61. The number of aliphatic hydroxyl groups is 2. The van der Waals surface area contributed by atoms with Crippen molar-refractivity contribution < 1.29 is 58.2 Å². The van der Waals surface area contributed by atoms with Crippen molar-refractivity contribution in [2.45, 2.75) is 159 Å². The van der Waals surface area contributed by atoms with Gasteiger partial charge in [0.15, 0.2) is 5.96 Å². The number of aliphatic imine (C=N–C) groups is 1. The number of nitrogens with zero attached hydrogens (tertiary/aromatic N) is 1. The Balaban J connectivity index is 6.40. The van der Waals surface area contributed by atoms with Crippen LogP contribution in [0.15, 0.2) is 4.99 Å². The first kappa shape index (κ1) is 62.0. The molecule has 0 saturated heterocycles. The van der Waals surface area contributed by atoms with Crippen LogP contribution in [0.25, 0.3) is 0 Å². The number of hydrogen-bond donors (Lipinski definition) is 16. The van der Waals surface area contributed by atoms with E-state index < -0.39 is 127 Å². The minimum Gasteiger partial charge on any atom is -0.394 e. The lowest BCUT2D eigenvalue weighted by Gasteiger charge is -2.28. The summed E-state index contributed by atoms with van der Waals surface area (Å²) in [5.74, 6) is -8.13. The van der Waals surface area contributed by atoms with Crippen molar-refractivity contribution in [2.75, 3.05) is 32.8 Å². The highest BCUT2D eigenvalue weighted by molar-refractivity contribution is 5.98. The highest BCUT2D eigenvalue weighted by Gasteiger charge is 2.35. The molecule has 27 heteroatoms. The SMILES string of the molecule is CCNCCCC[C@H](NC(=O)[C@H](CCCN=C(N)N)NC(=O)[C@H](C)NC(=O)[C@@H](NC(=O)[C@H](CCC(N)=O)NC(=O)[C@H](CCCCN)NC(=O)[C@H](C)N)[C@@H](C)O)C(=O)N[C@@H](CO)C(=O)N[C@@H](C)C=O. The zero-order valence-electron chi connectivity index (χ0n) is 39.8. The Morgan fingerprint density at radius 1 is 0.588 bits per heavy atom. The third-order valence-electron chi connectivity index (χ3n) is 10.1. The Hall–Kier alpha value is -6.03. The topological polar surface area (TPSA) is 462 Å². The third-order valence-corrected chi connectivity index (χ3v) is 10.1. The molecule has 0 aliphatic carbocycles. The van der Waals surface area contributed by atoms with Crippen molar-refractivity contribution in [2.24, 2.45) is 33.7 Å². The first-order valence-corrected chi connectivity index (χ1v) is 22.7. The van der Waals surface area contributed by atoms with Gasteiger partial charge in [0.25, 0.3) is 0 Å². The van der Waals surface area contributed by atoms with Gasteiger partial charge in [-0.15, -0.1) is 0 Å². The summed E-state index contributed by atoms with van der Waals surface area (Å²) >= 11 is 0. The van der Waals surface area contributed by atoms with Crippen molar-refractivity contribution in [3.05, 3.63) is 0 Å². The highest BCUT2D eigenvalue weighted by atomic mass is 16.3. The molecule has 0 rings (SSSR count). The first-order chi connectivity index (χ1) is 32.0. The van der Waals surface area contributed by atoms with E-state index in [-0.39, 0.29) is 44.6 Å². The van der Waals surface area contributed by atoms with Crippen LogP contribution in [0.1, 0.15) is 98.8 Å². The van der Waals surface area contributed by atoms with Crippen LogP contribution in [-0.2, 0) is 47.9 Å². The van der Waals surface area contributed by atoms with Gasteiger partial charge in [0.2, 0.25) is 53.2 Å². The number of primary amides is 1. The molecule has 0 heterocycles. The van der Waals surface area contributed by atoms with Gasteiger partial charge in [-0.3, -0.25) is 48.1 Å². The molecule has 0 unspecified atom stereocenters. The second kappa shape index (κ2) is 34.3. The molecule has 0 radical (unpaired) electrons. The average Bonchev–Trinajstić information content (AvgIpc) is 3.27. The minimum atomic E-state index is -1.75. The second-order valence-corrected chi connectivity index (χ2v) is 16.3. The van der Waals surface area contributed by atoms with Gasteiger partial charge in [-0.1, -0.05) is 6.92 Å². The number of nitrogens with one attached hydrogen (secondary N) is 9. The Bertz CT molecular complexity index is 1680. The summed E-state index contributed by atoms with van der Waals surface area (Å²) in [7, 11) is 0. The summed E-state index contributed by atoms with van der Waals surface area (Å²) in [5.41, 5.74) is 27.4. The van der Waals surface area contributed by atoms with Crippen LogP contribution in [-0.4, -0.2) is 169 Å². The van der Waals surface area contributed by atoms with Crippen LogP contribution >= 0.6 is 0 Å². The van der Waals surface area contributed by atoms with E-state index in [1.807, 2.05) is 6.92 Å². The number of hydrogen-bond acceptors (Lipinski definition) is 16. The van der Waals surface area contributed by atoms with E-state index in [2.05, 4.69) is 52.8 Å². The monoisotopic (exact) mass is 972 g/mol. The normalized spacial score (nSPS) is 15.4. The zero-order chi connectivity index (χ0) is 51.9. The summed E-state index contributed by atoms with van der Waals surface area (Å²) in [6, 6.07) is -11.9. The zero-order valence-corrected chi connectivity index (χ0v) is 39.8. The predicted molar refractivity (Wildman–Crippen MR) is 249 cm³/mol. The molecule has 0 saturated carbocycles. The first-order valence-electron chi connectivity index (χ1n) is 22.7. The standard InChI is InChI=1S/C41H77N15O12/c1-6-47-18-10-8-13-27(37(65)55-30(21-58)39(67)49-22(2)20-57)53-36(64)28(14-11-19-48-41(45)46)52-34(62)24(4)50-40(68)32(25(5)59)56-38(66)29(15-16-31(44)60)54-35(63)26(12-7-9-17-42)51-33(61)23(3)43/h20,22-30,32,47,58-59H,6-19,21,42-43H2,1-5H3,(H2,44,60)(H,49,67)(H,50,68)(H,51,61)(H,52,62)(H,53,64)(H,54,63)(H,55,65)(H,56,66)(H4,45,46,48)/t22-,23-,24-,25+,26-,27-,28-,29-,30-,32-/m0/s1. The predicted octanol–water partition coefficient (Wildman–Crippen LogP) is -6.95. The van der Waals surface area contributed by atoms with Gasteiger partial charge in [0, 0.05) is 13.0 Å². The smallest absolute Gasteiger partial charge is 0.245 e. The molecule has 0 aromatic heterocycles. The Labute approximate surface area is 396 Å². The van der Waals surface area contributed by atoms with Crippen molar-refractivity contribution in [3.8, 4) is 0 Å². The molecule has 9 amide bonds. The Kier molecular flexibility index (Phi) is 31.2. The molecule has 68 heavy (non-hydrogen) atoms. The van der Waals surface area contributed by atoms with Gasteiger partial charge >= 0.3 is 0 Å². The van der Waals surface area contributed by atoms with E-state index >= 15 is 0 Å². The molecule has 0 spiro atoms. The van der Waals surface area contributed by atoms with Gasteiger partial charge in [0.05, 0.1) is 24.8 Å². The number of aldehydes is 1. The van der Waals surface area contributed by atoms with Crippen molar-refractivity contribution in [1.29, 1.82) is 0 Å². The maximum atomic E-state index is 13.9. The van der Waals surface area contributed by atoms with Gasteiger partial charge < -0.3 is 91.5 Å². The molecule has 0 aromatic carbocycles. The minimum absolute atomic E-state index is 0.0300. The van der Waals surface area contributed by atoms with Crippen molar-refractivity contribution in [3.63, 3.8) is 0 Å². The second-order valence-electron chi connectivity index (χ2n) is 16.3. The number of amides is 9. The van der Waals surface area contributed by atoms with E-state index in [9.17, 15) is 58.2 Å². The lowest BCUT2D eigenvalue weighted by molar-refractivity contribution is -0.137. The third kappa shape index (κ3) is 25.8. The van der Waals surface area contributed by atoms with E-state index in [0.717, 1.165) is 6.92 Å². The van der Waals surface area contributed by atoms with Crippen LogP contribution in [0, 0.1) is 0 Å². The number of carbonyl (C=O) groups is 10. The van der Waals surface area contributed by atoms with Crippen molar-refractivity contribution >= 4 is 65.4 Å². The van der Waals surface area contributed by atoms with Gasteiger partial charge in [0.1, 0.15) is 48.6 Å². The quantitative estimate of drug-likeness (QED) is 0.0120. The lowest BCUT2D eigenvalue weighted by atomic mass is 10.0. The molecule has 0 aliphatic heterocycles. The van der Waals surface area contributed by atoms with Crippen LogP contribution in [0.2, 0.25) is 0 Å². The molecule has 0 aliphatic rings. The van der Waals surface area contributed by atoms with E-state index in [1.54, 1.807) is 0 Å². The summed E-state index contributed by atoms with van der Waals surface area (Å²) < 4.78 is 0. The van der Waals surface area contributed by atoms with Crippen LogP contribution in [0.4, 0.5) is 0 Å². The van der Waals surface area contributed by atoms with Gasteiger partial charge in [-0.05, 0) is 105 Å². The fourth-order valence-electron chi connectivity index (χ4n) is 6.13. The number of unbranched alkanes of at least 4 members (excludes halogenated alkanes) is 2. The number of guanidine groups is 1. The molecule has 0 bridgehead atoms. The summed E-state index contributed by atoms with van der Waals surface area (Å²) in [4.78, 5) is 133. The number of rotatable bonds is 36. The van der Waals surface area contributed by atoms with Crippen molar-refractivity contribution in [1.82, 2.24) is 47.9 Å². The maximum absolute atomic E-state index is 13.9. The average molecular weight is 972 g/mol.